The third-order valence-corrected chi connectivity index (χ3v) is 7.40. The number of thioether (sulfide) groups is 1. The van der Waals surface area contributed by atoms with Crippen LogP contribution < -0.4 is 15.4 Å². The van der Waals surface area contributed by atoms with Crippen molar-refractivity contribution in [3.8, 4) is 5.88 Å². The van der Waals surface area contributed by atoms with E-state index < -0.39 is 24.2 Å². The maximum atomic E-state index is 14.2. The average Bonchev–Trinajstić information content (AvgIpc) is 3.30. The molecule has 4 rings (SSSR count). The molecule has 1 aromatic carbocycles. The summed E-state index contributed by atoms with van der Waals surface area (Å²) in [6.07, 6.45) is -1.36. The van der Waals surface area contributed by atoms with Crippen LogP contribution >= 0.6 is 23.4 Å². The highest BCUT2D eigenvalue weighted by molar-refractivity contribution is 8.03. The van der Waals surface area contributed by atoms with Crippen LogP contribution in [0.2, 0.25) is 5.02 Å². The van der Waals surface area contributed by atoms with E-state index in [1.54, 1.807) is 0 Å². The molecule has 1 unspecified atom stereocenters. The first-order valence-electron chi connectivity index (χ1n) is 11.3. The van der Waals surface area contributed by atoms with Gasteiger partial charge in [-0.3, -0.25) is 9.69 Å². The van der Waals surface area contributed by atoms with Crippen molar-refractivity contribution >= 4 is 29.3 Å². The fraction of sp³-hybridized carbons (Fsp3) is 0.417. The maximum Gasteiger partial charge on any atom is 0.278 e. The topological polar surface area (TPSA) is 66.5 Å². The first kappa shape index (κ1) is 25.7. The summed E-state index contributed by atoms with van der Waals surface area (Å²) in [4.78, 5) is 19.6. The Morgan fingerprint density at radius 3 is 2.71 bits per heavy atom. The van der Waals surface area contributed by atoms with Crippen molar-refractivity contribution in [1.82, 2.24) is 20.5 Å². The molecule has 1 saturated heterocycles. The molecule has 0 aliphatic carbocycles. The summed E-state index contributed by atoms with van der Waals surface area (Å²) in [5, 5.41) is 5.45. The number of rotatable bonds is 8. The quantitative estimate of drug-likeness (QED) is 0.524. The van der Waals surface area contributed by atoms with Gasteiger partial charge in [0.05, 0.1) is 28.2 Å². The predicted molar refractivity (Wildman–Crippen MR) is 130 cm³/mol. The summed E-state index contributed by atoms with van der Waals surface area (Å²) in [5.74, 6) is -0.528. The van der Waals surface area contributed by atoms with Crippen molar-refractivity contribution in [3.63, 3.8) is 0 Å². The third kappa shape index (κ3) is 6.23. The standard InChI is InChI=1S/C24H26ClF3N4O2S/c1-14-4-2-7-19(31-14)34-15-8-10-32(11-9-15)18(22-21(23(27)28)30-13-35-22)12-29-24(33)20-16(25)5-3-6-17(20)26/h2-7,15,18,23,30H,8-13H2,1H3,(H,29,33). The molecule has 0 bridgehead atoms. The van der Waals surface area contributed by atoms with E-state index in [-0.39, 0.29) is 28.9 Å². The number of aryl methyl sites for hydroxylation is 1. The minimum Gasteiger partial charge on any atom is -0.474 e. The van der Waals surface area contributed by atoms with E-state index >= 15 is 0 Å². The number of allylic oxidation sites excluding steroid dienone is 1. The summed E-state index contributed by atoms with van der Waals surface area (Å²) in [6.45, 7) is 3.09. The second-order valence-electron chi connectivity index (χ2n) is 8.34. The number of nitrogens with one attached hydrogen (secondary N) is 2. The number of hydrogen-bond acceptors (Lipinski definition) is 6. The number of aromatic nitrogens is 1. The highest BCUT2D eigenvalue weighted by Gasteiger charge is 2.35. The van der Waals surface area contributed by atoms with Gasteiger partial charge in [0.15, 0.2) is 0 Å². The molecule has 188 valence electrons. The molecule has 0 radical (unpaired) electrons. The van der Waals surface area contributed by atoms with Crippen LogP contribution in [-0.4, -0.2) is 59.9 Å². The molecule has 3 heterocycles. The highest BCUT2D eigenvalue weighted by atomic mass is 35.5. The number of nitrogens with zero attached hydrogens (tertiary/aromatic N) is 2. The van der Waals surface area contributed by atoms with Gasteiger partial charge in [-0.05, 0) is 38.0 Å². The normalized spacial score (nSPS) is 18.0. The lowest BCUT2D eigenvalue weighted by molar-refractivity contribution is 0.0775. The average molecular weight is 527 g/mol. The second kappa shape index (κ2) is 11.5. The summed E-state index contributed by atoms with van der Waals surface area (Å²) >= 11 is 7.31. The number of hydrogen-bond donors (Lipinski definition) is 2. The number of alkyl halides is 2. The molecule has 11 heteroatoms. The maximum absolute atomic E-state index is 14.2. The predicted octanol–water partition coefficient (Wildman–Crippen LogP) is 4.59. The molecule has 1 aromatic heterocycles. The summed E-state index contributed by atoms with van der Waals surface area (Å²) < 4.78 is 47.6. The van der Waals surface area contributed by atoms with Crippen molar-refractivity contribution < 1.29 is 22.7 Å². The van der Waals surface area contributed by atoms with E-state index in [0.717, 1.165) is 11.8 Å². The fourth-order valence-electron chi connectivity index (χ4n) is 4.26. The Bertz CT molecular complexity index is 1080. The first-order chi connectivity index (χ1) is 16.8. The van der Waals surface area contributed by atoms with Crippen molar-refractivity contribution in [3.05, 3.63) is 69.1 Å². The van der Waals surface area contributed by atoms with Gasteiger partial charge in [-0.25, -0.2) is 18.2 Å². The van der Waals surface area contributed by atoms with Gasteiger partial charge >= 0.3 is 0 Å². The first-order valence-corrected chi connectivity index (χ1v) is 12.6. The molecule has 2 aliphatic rings. The van der Waals surface area contributed by atoms with Crippen molar-refractivity contribution in [2.45, 2.75) is 38.3 Å². The van der Waals surface area contributed by atoms with Gasteiger partial charge in [0.1, 0.15) is 11.9 Å². The van der Waals surface area contributed by atoms with E-state index in [0.29, 0.717) is 42.6 Å². The van der Waals surface area contributed by atoms with E-state index in [1.165, 1.54) is 23.9 Å². The van der Waals surface area contributed by atoms with Crippen LogP contribution in [-0.2, 0) is 0 Å². The van der Waals surface area contributed by atoms with Crippen LogP contribution in [0.15, 0.2) is 47.0 Å². The number of likely N-dealkylation sites (tertiary alicyclic amines) is 1. The van der Waals surface area contributed by atoms with Crippen LogP contribution in [0.4, 0.5) is 13.2 Å². The summed E-state index contributed by atoms with van der Waals surface area (Å²) in [5.41, 5.74) is 0.481. The number of carbonyl (C=O) groups is 1. The number of carbonyl (C=O) groups excluding carboxylic acids is 1. The van der Waals surface area contributed by atoms with Crippen LogP contribution in [0.5, 0.6) is 5.88 Å². The SMILES string of the molecule is Cc1cccc(OC2CCN(C(CNC(=O)c3c(F)cccc3Cl)C3=C(C(F)F)NCS3)CC2)n1. The molecule has 1 amide bonds. The molecular weight excluding hydrogens is 501 g/mol. The molecule has 2 aliphatic heterocycles. The van der Waals surface area contributed by atoms with Gasteiger partial charge in [-0.2, -0.15) is 0 Å². The Labute approximate surface area is 211 Å². The van der Waals surface area contributed by atoms with Crippen LogP contribution in [0.3, 0.4) is 0 Å². The van der Waals surface area contributed by atoms with E-state index in [1.807, 2.05) is 25.1 Å². The molecule has 2 aromatic rings. The van der Waals surface area contributed by atoms with Gasteiger partial charge in [0, 0.05) is 36.3 Å². The molecule has 1 fully saturated rings. The lowest BCUT2D eigenvalue weighted by Gasteiger charge is -2.38. The van der Waals surface area contributed by atoms with Gasteiger partial charge in [-0.15, -0.1) is 11.8 Å². The lowest BCUT2D eigenvalue weighted by atomic mass is 10.0. The van der Waals surface area contributed by atoms with Crippen molar-refractivity contribution in [2.24, 2.45) is 0 Å². The Morgan fingerprint density at radius 2 is 2.03 bits per heavy atom. The van der Waals surface area contributed by atoms with Gasteiger partial charge in [0.2, 0.25) is 5.88 Å². The lowest BCUT2D eigenvalue weighted by Crippen LogP contribution is -2.49. The third-order valence-electron chi connectivity index (χ3n) is 5.99. The molecule has 6 nitrogen and oxygen atoms in total. The molecule has 0 saturated carbocycles. The van der Waals surface area contributed by atoms with Crippen LogP contribution in [0, 0.1) is 12.7 Å². The Hall–Kier alpha value is -2.43. The van der Waals surface area contributed by atoms with E-state index in [9.17, 15) is 18.0 Å². The molecule has 0 spiro atoms. The largest absolute Gasteiger partial charge is 0.474 e. The van der Waals surface area contributed by atoms with E-state index in [2.05, 4.69) is 20.5 Å². The number of piperidine rings is 1. The number of ether oxygens (including phenoxy) is 1. The second-order valence-corrected chi connectivity index (χ2v) is 9.76. The highest BCUT2D eigenvalue weighted by Crippen LogP contribution is 2.34. The monoisotopic (exact) mass is 526 g/mol. The minimum absolute atomic E-state index is 0.00818. The van der Waals surface area contributed by atoms with Crippen LogP contribution in [0.1, 0.15) is 28.9 Å². The van der Waals surface area contributed by atoms with Gasteiger partial charge in [0.25, 0.3) is 12.3 Å². The number of pyridine rings is 1. The van der Waals surface area contributed by atoms with Gasteiger partial charge in [-0.1, -0.05) is 23.7 Å². The van der Waals surface area contributed by atoms with Crippen molar-refractivity contribution in [1.29, 1.82) is 0 Å². The van der Waals surface area contributed by atoms with Gasteiger partial charge < -0.3 is 15.4 Å². The van der Waals surface area contributed by atoms with E-state index in [4.69, 9.17) is 16.3 Å². The zero-order valence-electron chi connectivity index (χ0n) is 19.1. The molecule has 2 N–H and O–H groups in total. The van der Waals surface area contributed by atoms with Crippen LogP contribution in [0.25, 0.3) is 0 Å². The Kier molecular flexibility index (Phi) is 8.46. The zero-order chi connectivity index (χ0) is 24.9. The molecule has 1 atom stereocenters. The minimum atomic E-state index is -2.66. The molecule has 35 heavy (non-hydrogen) atoms. The summed E-state index contributed by atoms with van der Waals surface area (Å²) in [6, 6.07) is 9.09. The molecular formula is C24H26ClF3N4O2S. The van der Waals surface area contributed by atoms with Crippen molar-refractivity contribution in [2.75, 3.05) is 25.5 Å². The fourth-order valence-corrected chi connectivity index (χ4v) is 5.63. The summed E-state index contributed by atoms with van der Waals surface area (Å²) in [7, 11) is 0. The Morgan fingerprint density at radius 1 is 1.29 bits per heavy atom. The number of benzene rings is 1. The Balaban J connectivity index is 1.47. The number of amides is 1. The zero-order valence-corrected chi connectivity index (χ0v) is 20.6. The smallest absolute Gasteiger partial charge is 0.278 e. The number of halogens is 4.